The molecule has 0 N–H and O–H groups in total. The molecule has 84 valence electrons. The quantitative estimate of drug-likeness (QED) is 0.599. The Kier molecular flexibility index (Phi) is 7.15. The minimum absolute atomic E-state index is 0.599. The average molecular weight is 343 g/mol. The van der Waals surface area contributed by atoms with Crippen molar-refractivity contribution < 1.29 is 21.1 Å². The van der Waals surface area contributed by atoms with E-state index in [2.05, 4.69) is 19.7 Å². The van der Waals surface area contributed by atoms with Gasteiger partial charge in [0.05, 0.1) is 6.61 Å². The first-order valence-electron chi connectivity index (χ1n) is 5.26. The van der Waals surface area contributed by atoms with E-state index in [1.165, 1.54) is 16.3 Å². The van der Waals surface area contributed by atoms with Crippen LogP contribution in [0.4, 0.5) is 0 Å². The first-order chi connectivity index (χ1) is 8.36. The normalized spacial score (nSPS) is 9.18. The fourth-order valence-electron chi connectivity index (χ4n) is 1.40. The molecule has 0 aliphatic heterocycles. The van der Waals surface area contributed by atoms with E-state index in [1.807, 2.05) is 55.5 Å². The van der Waals surface area contributed by atoms with Crippen LogP contribution in [0.2, 0.25) is 0 Å². The van der Waals surface area contributed by atoms with Crippen molar-refractivity contribution in [1.29, 1.82) is 0 Å². The van der Waals surface area contributed by atoms with Crippen LogP contribution in [-0.2, 0) is 22.9 Å². The maximum absolute atomic E-state index is 5.70. The molecule has 0 radical (unpaired) electrons. The van der Waals surface area contributed by atoms with Gasteiger partial charge in [-0.05, 0) is 18.6 Å². The molecule has 2 aromatic rings. The molecule has 0 spiro atoms. The molecule has 0 unspecified atom stereocenters. The van der Waals surface area contributed by atoms with Crippen molar-refractivity contribution >= 4 is 13.6 Å². The summed E-state index contributed by atoms with van der Waals surface area (Å²) in [5.41, 5.74) is 2.30. The van der Waals surface area contributed by atoms with Crippen molar-refractivity contribution in [1.82, 2.24) is 0 Å². The summed E-state index contributed by atoms with van der Waals surface area (Å²) in [5, 5.41) is 0. The number of aryl methyl sites for hydroxylation is 1. The predicted molar refractivity (Wildman–Crippen MR) is 69.7 cm³/mol. The molecular formula is C14H13BrOZn. The number of halogens is 1. The molecule has 0 bridgehead atoms. The predicted octanol–water partition coefficient (Wildman–Crippen LogP) is 4.22. The summed E-state index contributed by atoms with van der Waals surface area (Å²) in [6.45, 7) is 2.65. The third-order valence-electron chi connectivity index (χ3n) is 2.26. The second kappa shape index (κ2) is 8.44. The second-order valence-corrected chi connectivity index (χ2v) is 3.47. The molecule has 0 heterocycles. The van der Waals surface area contributed by atoms with Crippen LogP contribution < -0.4 is 4.74 Å². The zero-order chi connectivity index (χ0) is 12.5. The van der Waals surface area contributed by atoms with Gasteiger partial charge < -0.3 is 4.74 Å². The van der Waals surface area contributed by atoms with Gasteiger partial charge >= 0.3 is 30.0 Å². The van der Waals surface area contributed by atoms with Gasteiger partial charge in [0.25, 0.3) is 0 Å². The van der Waals surface area contributed by atoms with Gasteiger partial charge in [-0.3, -0.25) is 0 Å². The van der Waals surface area contributed by atoms with Crippen molar-refractivity contribution in [2.45, 2.75) is 13.5 Å². The molecule has 0 amide bonds. The van der Waals surface area contributed by atoms with Crippen LogP contribution in [-0.4, -0.2) is 0 Å². The topological polar surface area (TPSA) is 9.23 Å². The van der Waals surface area contributed by atoms with Crippen LogP contribution in [0, 0.1) is 13.0 Å². The molecular weight excluding hydrogens is 329 g/mol. The number of ether oxygens (including phenoxy) is 1. The van der Waals surface area contributed by atoms with Crippen molar-refractivity contribution in [2.75, 3.05) is 0 Å². The second-order valence-electron chi connectivity index (χ2n) is 3.47. The summed E-state index contributed by atoms with van der Waals surface area (Å²) in [6, 6.07) is 18.9. The van der Waals surface area contributed by atoms with Gasteiger partial charge in [-0.1, -0.05) is 18.2 Å². The molecule has 3 heteroatoms. The first-order valence-corrected chi connectivity index (χ1v) is 12.2. The average Bonchev–Trinajstić information content (AvgIpc) is 2.41. The monoisotopic (exact) mass is 340 g/mol. The van der Waals surface area contributed by atoms with Gasteiger partial charge in [0, 0.05) is 0 Å². The first kappa shape index (κ1) is 14.4. The van der Waals surface area contributed by atoms with E-state index in [0.29, 0.717) is 6.61 Å². The van der Waals surface area contributed by atoms with Crippen molar-refractivity contribution in [3.8, 4) is 5.75 Å². The Morgan fingerprint density at radius 2 is 1.94 bits per heavy atom. The molecule has 2 rings (SSSR count). The van der Waals surface area contributed by atoms with Crippen LogP contribution in [0.3, 0.4) is 0 Å². The number of benzene rings is 2. The van der Waals surface area contributed by atoms with E-state index < -0.39 is 0 Å². The Bertz CT molecular complexity index is 431. The van der Waals surface area contributed by atoms with Crippen molar-refractivity contribution in [3.05, 3.63) is 65.7 Å². The Morgan fingerprint density at radius 1 is 1.18 bits per heavy atom. The fourth-order valence-corrected chi connectivity index (χ4v) is 1.40. The number of rotatable bonds is 3. The third kappa shape index (κ3) is 5.01. The van der Waals surface area contributed by atoms with Gasteiger partial charge in [0.1, 0.15) is 5.75 Å². The van der Waals surface area contributed by atoms with Gasteiger partial charge in [-0.2, -0.15) is 30.3 Å². The third-order valence-corrected chi connectivity index (χ3v) is 2.26. The molecule has 0 saturated carbocycles. The molecule has 2 aromatic carbocycles. The maximum atomic E-state index is 5.70. The molecule has 0 aromatic heterocycles. The van der Waals surface area contributed by atoms with Gasteiger partial charge in [0.2, 0.25) is 0 Å². The number of hydrogen-bond donors (Lipinski definition) is 0. The van der Waals surface area contributed by atoms with Crippen molar-refractivity contribution in [2.24, 2.45) is 0 Å². The zero-order valence-electron chi connectivity index (χ0n) is 9.82. The summed E-state index contributed by atoms with van der Waals surface area (Å²) in [7, 11) is 0. The van der Waals surface area contributed by atoms with Gasteiger partial charge in [0.15, 0.2) is 0 Å². The molecule has 0 atom stereocenters. The van der Waals surface area contributed by atoms with E-state index in [4.69, 9.17) is 4.74 Å². The Labute approximate surface area is 119 Å². The summed E-state index contributed by atoms with van der Waals surface area (Å²) in [6.07, 6.45) is 0. The number of para-hydroxylation sites is 1. The van der Waals surface area contributed by atoms with Crippen LogP contribution in [0.1, 0.15) is 11.1 Å². The summed E-state index contributed by atoms with van der Waals surface area (Å²) >= 11 is 4.25. The summed E-state index contributed by atoms with van der Waals surface area (Å²) in [4.78, 5) is 0. The fraction of sp³-hybridized carbons (Fsp3) is 0.143. The van der Waals surface area contributed by atoms with E-state index in [1.54, 1.807) is 0 Å². The van der Waals surface area contributed by atoms with Crippen LogP contribution in [0.5, 0.6) is 5.75 Å². The summed E-state index contributed by atoms with van der Waals surface area (Å²) in [5.74, 6) is 0.946. The molecule has 0 aliphatic rings. The van der Waals surface area contributed by atoms with E-state index in [0.717, 1.165) is 16.9 Å². The SMILES string of the molecule is Cc1ccccc1OCc1c[c-]ccc1.[Zn+][Br]. The van der Waals surface area contributed by atoms with E-state index in [9.17, 15) is 0 Å². The molecule has 0 fully saturated rings. The van der Waals surface area contributed by atoms with E-state index in [-0.39, 0.29) is 0 Å². The standard InChI is InChI=1S/C14H13O.BrH.Zn/c1-12-7-5-6-10-14(12)15-11-13-8-3-2-4-9-13;;/h2-3,5-10H,11H2,1H3;1H;/q-1;;+2/p-1. The van der Waals surface area contributed by atoms with Crippen LogP contribution >= 0.6 is 13.6 Å². The summed E-state index contributed by atoms with van der Waals surface area (Å²) < 4.78 is 5.70. The Balaban J connectivity index is 0.000000686. The zero-order valence-corrected chi connectivity index (χ0v) is 14.4. The molecule has 0 aliphatic carbocycles. The Hall–Kier alpha value is -0.657. The van der Waals surface area contributed by atoms with Crippen LogP contribution in [0.25, 0.3) is 0 Å². The van der Waals surface area contributed by atoms with E-state index >= 15 is 0 Å². The van der Waals surface area contributed by atoms with Gasteiger partial charge in [-0.15, -0.1) is 5.56 Å². The number of hydrogen-bond acceptors (Lipinski definition) is 1. The Morgan fingerprint density at radius 3 is 2.59 bits per heavy atom. The van der Waals surface area contributed by atoms with Gasteiger partial charge in [-0.25, -0.2) is 0 Å². The molecule has 1 nitrogen and oxygen atoms in total. The minimum atomic E-state index is 0.599. The molecule has 0 saturated heterocycles. The van der Waals surface area contributed by atoms with Crippen molar-refractivity contribution in [3.63, 3.8) is 0 Å². The van der Waals surface area contributed by atoms with Crippen LogP contribution in [0.15, 0.2) is 48.5 Å². The molecule has 17 heavy (non-hydrogen) atoms.